The highest BCUT2D eigenvalue weighted by molar-refractivity contribution is 6.32. The molecule has 0 aliphatic carbocycles. The molecule has 1 N–H and O–H groups in total. The molecule has 0 fully saturated rings. The summed E-state index contributed by atoms with van der Waals surface area (Å²) in [6.07, 6.45) is 0. The lowest BCUT2D eigenvalue weighted by atomic mass is 10.1. The van der Waals surface area contributed by atoms with Gasteiger partial charge in [0.15, 0.2) is 6.61 Å². The molecule has 3 nitrogen and oxygen atoms in total. The van der Waals surface area contributed by atoms with Gasteiger partial charge in [-0.05, 0) is 41.5 Å². The summed E-state index contributed by atoms with van der Waals surface area (Å²) in [7, 11) is 0. The molecular weight excluding hydrogens is 376 g/mol. The SMILES string of the molecule is O=C(COc1ccc(-c2ccccc2)cc1Cl)Nc1cc(Cl)ccc1F. The molecule has 132 valence electrons. The maximum absolute atomic E-state index is 13.6. The molecule has 0 aliphatic heterocycles. The monoisotopic (exact) mass is 389 g/mol. The Balaban J connectivity index is 1.64. The smallest absolute Gasteiger partial charge is 0.262 e. The molecule has 0 spiro atoms. The summed E-state index contributed by atoms with van der Waals surface area (Å²) in [4.78, 5) is 12.0. The van der Waals surface area contributed by atoms with Crippen molar-refractivity contribution in [3.63, 3.8) is 0 Å². The standard InChI is InChI=1S/C20H14Cl2FNO2/c21-15-7-8-17(23)18(11-15)24-20(25)12-26-19-9-6-14(10-16(19)22)13-4-2-1-3-5-13/h1-11H,12H2,(H,24,25). The molecule has 3 rings (SSSR count). The number of hydrogen-bond acceptors (Lipinski definition) is 2. The van der Waals surface area contributed by atoms with Gasteiger partial charge in [0.05, 0.1) is 10.7 Å². The first-order chi connectivity index (χ1) is 12.5. The van der Waals surface area contributed by atoms with Gasteiger partial charge in [-0.1, -0.05) is 59.6 Å². The molecule has 0 bridgehead atoms. The molecule has 0 aliphatic rings. The van der Waals surface area contributed by atoms with E-state index in [4.69, 9.17) is 27.9 Å². The molecule has 0 unspecified atom stereocenters. The van der Waals surface area contributed by atoms with E-state index >= 15 is 0 Å². The number of carbonyl (C=O) groups is 1. The maximum atomic E-state index is 13.6. The van der Waals surface area contributed by atoms with Crippen molar-refractivity contribution < 1.29 is 13.9 Å². The fraction of sp³-hybridized carbons (Fsp3) is 0.0500. The number of rotatable bonds is 5. The zero-order valence-corrected chi connectivity index (χ0v) is 15.0. The fourth-order valence-corrected chi connectivity index (χ4v) is 2.76. The van der Waals surface area contributed by atoms with Crippen molar-refractivity contribution in [3.8, 4) is 16.9 Å². The molecule has 3 aromatic rings. The van der Waals surface area contributed by atoms with Crippen LogP contribution < -0.4 is 10.1 Å². The summed E-state index contributed by atoms with van der Waals surface area (Å²) < 4.78 is 19.1. The Kier molecular flexibility index (Phi) is 5.76. The van der Waals surface area contributed by atoms with Crippen molar-refractivity contribution in [1.82, 2.24) is 0 Å². The molecule has 26 heavy (non-hydrogen) atoms. The fourth-order valence-electron chi connectivity index (χ4n) is 2.35. The molecule has 0 aromatic heterocycles. The van der Waals surface area contributed by atoms with Gasteiger partial charge >= 0.3 is 0 Å². The van der Waals surface area contributed by atoms with Crippen LogP contribution in [0.15, 0.2) is 66.7 Å². The average Bonchev–Trinajstić information content (AvgIpc) is 2.64. The predicted octanol–water partition coefficient (Wildman–Crippen LogP) is 5.82. The van der Waals surface area contributed by atoms with Crippen LogP contribution in [-0.2, 0) is 4.79 Å². The molecule has 0 atom stereocenters. The second kappa shape index (κ2) is 8.21. The van der Waals surface area contributed by atoms with Gasteiger partial charge in [-0.3, -0.25) is 4.79 Å². The zero-order valence-electron chi connectivity index (χ0n) is 13.5. The maximum Gasteiger partial charge on any atom is 0.262 e. The normalized spacial score (nSPS) is 10.4. The van der Waals surface area contributed by atoms with Crippen LogP contribution in [0.3, 0.4) is 0 Å². The van der Waals surface area contributed by atoms with E-state index in [2.05, 4.69) is 5.32 Å². The van der Waals surface area contributed by atoms with Crippen LogP contribution in [0.5, 0.6) is 5.75 Å². The van der Waals surface area contributed by atoms with Crippen molar-refractivity contribution in [2.75, 3.05) is 11.9 Å². The summed E-state index contributed by atoms with van der Waals surface area (Å²) in [5.74, 6) is -0.726. The van der Waals surface area contributed by atoms with E-state index in [1.807, 2.05) is 36.4 Å². The minimum atomic E-state index is -0.576. The Morgan fingerprint density at radius 1 is 0.962 bits per heavy atom. The van der Waals surface area contributed by atoms with Crippen LogP contribution in [0, 0.1) is 5.82 Å². The molecule has 0 saturated heterocycles. The molecule has 0 heterocycles. The number of carbonyl (C=O) groups excluding carboxylic acids is 1. The van der Waals surface area contributed by atoms with E-state index in [1.165, 1.54) is 18.2 Å². The molecule has 0 saturated carbocycles. The molecule has 3 aromatic carbocycles. The lowest BCUT2D eigenvalue weighted by Crippen LogP contribution is -2.20. The Morgan fingerprint density at radius 2 is 1.73 bits per heavy atom. The number of ether oxygens (including phenoxy) is 1. The first kappa shape index (κ1) is 18.2. The minimum Gasteiger partial charge on any atom is -0.482 e. The number of amides is 1. The first-order valence-electron chi connectivity index (χ1n) is 7.75. The Bertz CT molecular complexity index is 932. The van der Waals surface area contributed by atoms with Crippen LogP contribution in [0.2, 0.25) is 10.0 Å². The van der Waals surface area contributed by atoms with Gasteiger partial charge in [0, 0.05) is 5.02 Å². The summed E-state index contributed by atoms with van der Waals surface area (Å²) in [5, 5.41) is 3.12. The third kappa shape index (κ3) is 4.54. The third-order valence-corrected chi connectivity index (χ3v) is 4.13. The van der Waals surface area contributed by atoms with Gasteiger partial charge in [-0.15, -0.1) is 0 Å². The number of benzene rings is 3. The quantitative estimate of drug-likeness (QED) is 0.597. The van der Waals surface area contributed by atoms with Crippen LogP contribution >= 0.6 is 23.2 Å². The van der Waals surface area contributed by atoms with Crippen molar-refractivity contribution >= 4 is 34.8 Å². The average molecular weight is 390 g/mol. The minimum absolute atomic E-state index is 0.00313. The number of hydrogen-bond donors (Lipinski definition) is 1. The lowest BCUT2D eigenvalue weighted by Gasteiger charge is -2.11. The van der Waals surface area contributed by atoms with Gasteiger partial charge in [-0.2, -0.15) is 0 Å². The molecule has 6 heteroatoms. The lowest BCUT2D eigenvalue weighted by molar-refractivity contribution is -0.118. The van der Waals surface area contributed by atoms with E-state index in [-0.39, 0.29) is 12.3 Å². The predicted molar refractivity (Wildman–Crippen MR) is 102 cm³/mol. The summed E-state index contributed by atoms with van der Waals surface area (Å²) in [5.41, 5.74) is 1.96. The molecule has 1 amide bonds. The molecule has 0 radical (unpaired) electrons. The van der Waals surface area contributed by atoms with Gasteiger partial charge < -0.3 is 10.1 Å². The largest absolute Gasteiger partial charge is 0.482 e. The summed E-state index contributed by atoms with van der Waals surface area (Å²) in [6, 6.07) is 19.0. The number of halogens is 3. The van der Waals surface area contributed by atoms with Crippen molar-refractivity contribution in [2.45, 2.75) is 0 Å². The van der Waals surface area contributed by atoms with E-state index in [0.29, 0.717) is 15.8 Å². The Labute approximate surface area is 160 Å². The van der Waals surface area contributed by atoms with Crippen LogP contribution in [-0.4, -0.2) is 12.5 Å². The number of anilines is 1. The Hall–Kier alpha value is -2.56. The molecular formula is C20H14Cl2FNO2. The topological polar surface area (TPSA) is 38.3 Å². The summed E-state index contributed by atoms with van der Waals surface area (Å²) in [6.45, 7) is -0.309. The second-order valence-corrected chi connectivity index (χ2v) is 6.32. The van der Waals surface area contributed by atoms with Gasteiger partial charge in [0.25, 0.3) is 5.91 Å². The van der Waals surface area contributed by atoms with Gasteiger partial charge in [-0.25, -0.2) is 4.39 Å². The third-order valence-electron chi connectivity index (χ3n) is 3.60. The van der Waals surface area contributed by atoms with E-state index in [9.17, 15) is 9.18 Å². The zero-order chi connectivity index (χ0) is 18.5. The summed E-state index contributed by atoms with van der Waals surface area (Å²) >= 11 is 12.0. The van der Waals surface area contributed by atoms with Crippen molar-refractivity contribution in [1.29, 1.82) is 0 Å². The highest BCUT2D eigenvalue weighted by Gasteiger charge is 2.10. The van der Waals surface area contributed by atoms with Crippen LogP contribution in [0.1, 0.15) is 0 Å². The van der Waals surface area contributed by atoms with Crippen molar-refractivity contribution in [2.24, 2.45) is 0 Å². The van der Waals surface area contributed by atoms with Crippen molar-refractivity contribution in [3.05, 3.63) is 82.6 Å². The van der Waals surface area contributed by atoms with Gasteiger partial charge in [0.1, 0.15) is 11.6 Å². The number of nitrogens with one attached hydrogen (secondary N) is 1. The van der Waals surface area contributed by atoms with Crippen LogP contribution in [0.25, 0.3) is 11.1 Å². The van der Waals surface area contributed by atoms with E-state index < -0.39 is 11.7 Å². The Morgan fingerprint density at radius 3 is 2.46 bits per heavy atom. The van der Waals surface area contributed by atoms with Gasteiger partial charge in [0.2, 0.25) is 0 Å². The van der Waals surface area contributed by atoms with Crippen LogP contribution in [0.4, 0.5) is 10.1 Å². The van der Waals surface area contributed by atoms with E-state index in [1.54, 1.807) is 12.1 Å². The first-order valence-corrected chi connectivity index (χ1v) is 8.51. The second-order valence-electron chi connectivity index (χ2n) is 5.47. The highest BCUT2D eigenvalue weighted by atomic mass is 35.5. The highest BCUT2D eigenvalue weighted by Crippen LogP contribution is 2.30. The van der Waals surface area contributed by atoms with E-state index in [0.717, 1.165) is 11.1 Å².